The quantitative estimate of drug-likeness (QED) is 0.911. The number of carbonyl (C=O) groups is 1. The van der Waals surface area contributed by atoms with E-state index in [0.717, 1.165) is 12.8 Å². The van der Waals surface area contributed by atoms with Crippen molar-refractivity contribution >= 4 is 11.9 Å². The molecule has 0 aliphatic heterocycles. The molecule has 0 radical (unpaired) electrons. The van der Waals surface area contributed by atoms with E-state index in [0.29, 0.717) is 23.4 Å². The lowest BCUT2D eigenvalue weighted by Crippen LogP contribution is -2.18. The number of carbonyl (C=O) groups excluding carboxylic acids is 1. The van der Waals surface area contributed by atoms with E-state index in [1.165, 1.54) is 19.3 Å². The third-order valence-electron chi connectivity index (χ3n) is 4.05. The predicted octanol–water partition coefficient (Wildman–Crippen LogP) is 3.22. The van der Waals surface area contributed by atoms with Crippen LogP contribution in [0.4, 0.5) is 5.95 Å². The Balaban J connectivity index is 1.70. The summed E-state index contributed by atoms with van der Waals surface area (Å²) in [5.74, 6) is 0.307. The Hall–Kier alpha value is -2.44. The molecule has 1 N–H and O–H groups in total. The number of nitrogens with zero attached hydrogens (tertiary/aromatic N) is 4. The van der Waals surface area contributed by atoms with E-state index in [1.807, 2.05) is 18.5 Å². The number of nitrogens with one attached hydrogen (secondary N) is 1. The fraction of sp³-hybridized carbons (Fsp3) is 0.529. The molecule has 0 saturated heterocycles. The van der Waals surface area contributed by atoms with Crippen LogP contribution in [0.15, 0.2) is 24.7 Å². The number of ether oxygens (including phenoxy) is 1. The third kappa shape index (κ3) is 3.90. The summed E-state index contributed by atoms with van der Waals surface area (Å²) in [6, 6.07) is 3.77. The lowest BCUT2D eigenvalue weighted by atomic mass is 9.96. The van der Waals surface area contributed by atoms with Crippen molar-refractivity contribution in [2.24, 2.45) is 0 Å². The molecule has 2 aromatic heterocycles. The Bertz CT molecular complexity index is 692. The number of anilines is 1. The molecule has 1 amide bonds. The topological polar surface area (TPSA) is 81.9 Å². The molecule has 1 aliphatic rings. The SMILES string of the molecule is CC(C)Oc1ncccc1C(=O)Nc1ncn(C2CCCCC2)n1. The fourth-order valence-corrected chi connectivity index (χ4v) is 2.90. The molecule has 0 unspecified atom stereocenters. The summed E-state index contributed by atoms with van der Waals surface area (Å²) in [6.07, 6.45) is 9.20. The summed E-state index contributed by atoms with van der Waals surface area (Å²) in [6.45, 7) is 3.79. The van der Waals surface area contributed by atoms with Crippen LogP contribution in [0.3, 0.4) is 0 Å². The molecule has 1 saturated carbocycles. The first-order valence-corrected chi connectivity index (χ1v) is 8.47. The number of aromatic nitrogens is 4. The normalized spacial score (nSPS) is 15.5. The van der Waals surface area contributed by atoms with Gasteiger partial charge < -0.3 is 4.74 Å². The van der Waals surface area contributed by atoms with E-state index in [-0.39, 0.29) is 12.0 Å². The zero-order valence-electron chi connectivity index (χ0n) is 14.1. The molecule has 0 spiro atoms. The zero-order chi connectivity index (χ0) is 16.9. The van der Waals surface area contributed by atoms with Gasteiger partial charge in [0.2, 0.25) is 11.8 Å². The van der Waals surface area contributed by atoms with Crippen molar-refractivity contribution in [3.63, 3.8) is 0 Å². The molecule has 0 bridgehead atoms. The molecule has 2 aromatic rings. The maximum atomic E-state index is 12.5. The minimum atomic E-state index is -0.319. The van der Waals surface area contributed by atoms with E-state index < -0.39 is 0 Å². The molecule has 1 fully saturated rings. The van der Waals surface area contributed by atoms with Gasteiger partial charge >= 0.3 is 0 Å². The van der Waals surface area contributed by atoms with Crippen LogP contribution >= 0.6 is 0 Å². The van der Waals surface area contributed by atoms with Crippen molar-refractivity contribution < 1.29 is 9.53 Å². The monoisotopic (exact) mass is 329 g/mol. The van der Waals surface area contributed by atoms with Gasteiger partial charge in [-0.2, -0.15) is 0 Å². The summed E-state index contributed by atoms with van der Waals surface area (Å²) >= 11 is 0. The maximum absolute atomic E-state index is 12.5. The summed E-state index contributed by atoms with van der Waals surface area (Å²) in [5.41, 5.74) is 0.375. The van der Waals surface area contributed by atoms with Crippen molar-refractivity contribution in [1.29, 1.82) is 0 Å². The van der Waals surface area contributed by atoms with Gasteiger partial charge in [-0.1, -0.05) is 19.3 Å². The Kier molecular flexibility index (Phi) is 5.08. The second-order valence-electron chi connectivity index (χ2n) is 6.32. The van der Waals surface area contributed by atoms with Gasteiger partial charge in [0.15, 0.2) is 0 Å². The highest BCUT2D eigenvalue weighted by Crippen LogP contribution is 2.27. The second kappa shape index (κ2) is 7.42. The van der Waals surface area contributed by atoms with Gasteiger partial charge in [0.05, 0.1) is 12.1 Å². The van der Waals surface area contributed by atoms with E-state index >= 15 is 0 Å². The van der Waals surface area contributed by atoms with E-state index in [4.69, 9.17) is 4.74 Å². The van der Waals surface area contributed by atoms with E-state index in [9.17, 15) is 4.79 Å². The average Bonchev–Trinajstić information content (AvgIpc) is 3.04. The van der Waals surface area contributed by atoms with Crippen LogP contribution in [0.25, 0.3) is 0 Å². The molecular formula is C17H23N5O2. The van der Waals surface area contributed by atoms with Crippen molar-refractivity contribution in [2.75, 3.05) is 5.32 Å². The van der Waals surface area contributed by atoms with Crippen LogP contribution in [-0.2, 0) is 0 Å². The summed E-state index contributed by atoms with van der Waals surface area (Å²) in [4.78, 5) is 20.8. The molecule has 7 heteroatoms. The number of rotatable bonds is 5. The lowest BCUT2D eigenvalue weighted by Gasteiger charge is -2.21. The smallest absolute Gasteiger partial charge is 0.263 e. The van der Waals surface area contributed by atoms with Crippen molar-refractivity contribution in [3.05, 3.63) is 30.2 Å². The van der Waals surface area contributed by atoms with Crippen LogP contribution in [0.1, 0.15) is 62.4 Å². The first kappa shape index (κ1) is 16.4. The van der Waals surface area contributed by atoms with Crippen molar-refractivity contribution in [3.8, 4) is 5.88 Å². The van der Waals surface area contributed by atoms with Crippen LogP contribution in [0, 0.1) is 0 Å². The molecule has 1 aliphatic carbocycles. The number of amides is 1. The molecule has 0 atom stereocenters. The molecule has 7 nitrogen and oxygen atoms in total. The van der Waals surface area contributed by atoms with Gasteiger partial charge in [0.25, 0.3) is 5.91 Å². The molecule has 3 rings (SSSR count). The third-order valence-corrected chi connectivity index (χ3v) is 4.05. The maximum Gasteiger partial charge on any atom is 0.263 e. The van der Waals surface area contributed by atoms with E-state index in [2.05, 4.69) is 20.4 Å². The highest BCUT2D eigenvalue weighted by molar-refractivity contribution is 6.04. The minimum absolute atomic E-state index is 0.0601. The Morgan fingerprint density at radius 2 is 2.08 bits per heavy atom. The van der Waals surface area contributed by atoms with Gasteiger partial charge in [0, 0.05) is 6.20 Å². The Labute approximate surface area is 141 Å². The van der Waals surface area contributed by atoms with Crippen molar-refractivity contribution in [2.45, 2.75) is 58.1 Å². The van der Waals surface area contributed by atoms with Crippen LogP contribution < -0.4 is 10.1 Å². The van der Waals surface area contributed by atoms with Crippen LogP contribution in [0.2, 0.25) is 0 Å². The zero-order valence-corrected chi connectivity index (χ0v) is 14.1. The van der Waals surface area contributed by atoms with Gasteiger partial charge in [0.1, 0.15) is 11.9 Å². The molecule has 24 heavy (non-hydrogen) atoms. The highest BCUT2D eigenvalue weighted by Gasteiger charge is 2.19. The lowest BCUT2D eigenvalue weighted by molar-refractivity contribution is 0.101. The standard InChI is InChI=1S/C17H23N5O2/c1-12(2)24-16-14(9-6-10-18-16)15(23)20-17-19-11-22(21-17)13-7-4-3-5-8-13/h6,9-13H,3-5,7-8H2,1-2H3,(H,20,21,23). The molecule has 0 aromatic carbocycles. The Morgan fingerprint density at radius 1 is 1.29 bits per heavy atom. The number of pyridine rings is 1. The van der Waals surface area contributed by atoms with Gasteiger partial charge in [-0.05, 0) is 38.8 Å². The number of hydrogen-bond acceptors (Lipinski definition) is 5. The first-order valence-electron chi connectivity index (χ1n) is 8.47. The predicted molar refractivity (Wildman–Crippen MR) is 90.1 cm³/mol. The number of hydrogen-bond donors (Lipinski definition) is 1. The fourth-order valence-electron chi connectivity index (χ4n) is 2.90. The largest absolute Gasteiger partial charge is 0.474 e. The van der Waals surface area contributed by atoms with Gasteiger partial charge in [-0.25, -0.2) is 14.6 Å². The summed E-state index contributed by atoms with van der Waals surface area (Å²) in [5, 5.41) is 7.13. The van der Waals surface area contributed by atoms with Crippen LogP contribution in [-0.4, -0.2) is 31.8 Å². The minimum Gasteiger partial charge on any atom is -0.474 e. The Morgan fingerprint density at radius 3 is 2.83 bits per heavy atom. The summed E-state index contributed by atoms with van der Waals surface area (Å²) in [7, 11) is 0. The second-order valence-corrected chi connectivity index (χ2v) is 6.32. The first-order chi connectivity index (χ1) is 11.6. The van der Waals surface area contributed by atoms with E-state index in [1.54, 1.807) is 24.7 Å². The average molecular weight is 329 g/mol. The highest BCUT2D eigenvalue weighted by atomic mass is 16.5. The summed E-state index contributed by atoms with van der Waals surface area (Å²) < 4.78 is 7.45. The molecule has 2 heterocycles. The molecular weight excluding hydrogens is 306 g/mol. The van der Waals surface area contributed by atoms with Gasteiger partial charge in [-0.15, -0.1) is 5.10 Å². The van der Waals surface area contributed by atoms with Gasteiger partial charge in [-0.3, -0.25) is 10.1 Å². The van der Waals surface area contributed by atoms with Crippen LogP contribution in [0.5, 0.6) is 5.88 Å². The molecule has 128 valence electrons. The van der Waals surface area contributed by atoms with Crippen molar-refractivity contribution in [1.82, 2.24) is 19.7 Å².